The zero-order chi connectivity index (χ0) is 13.8. The van der Waals surface area contributed by atoms with Gasteiger partial charge in [0, 0.05) is 19.2 Å². The first-order valence-corrected chi connectivity index (χ1v) is 6.02. The molecule has 0 saturated carbocycles. The molecule has 0 fully saturated rings. The molecule has 19 heavy (non-hydrogen) atoms. The lowest BCUT2D eigenvalue weighted by Crippen LogP contribution is -2.25. The van der Waals surface area contributed by atoms with Crippen LogP contribution in [-0.4, -0.2) is 37.9 Å². The predicted octanol–water partition coefficient (Wildman–Crippen LogP) is 0.731. The Balaban J connectivity index is 2.54. The van der Waals surface area contributed by atoms with Gasteiger partial charge in [-0.2, -0.15) is 0 Å². The highest BCUT2D eigenvalue weighted by molar-refractivity contribution is 5.79. The molecule has 1 unspecified atom stereocenters. The average molecular weight is 267 g/mol. The van der Waals surface area contributed by atoms with E-state index in [1.54, 1.807) is 19.2 Å². The van der Waals surface area contributed by atoms with Crippen molar-refractivity contribution >= 4 is 5.97 Å². The van der Waals surface area contributed by atoms with Gasteiger partial charge in [0.15, 0.2) is 11.5 Å². The van der Waals surface area contributed by atoms with Crippen molar-refractivity contribution in [1.29, 1.82) is 0 Å². The second kappa shape index (κ2) is 5.90. The van der Waals surface area contributed by atoms with E-state index in [1.165, 1.54) is 0 Å². The summed E-state index contributed by atoms with van der Waals surface area (Å²) in [7, 11) is 1.55. The van der Waals surface area contributed by atoms with Crippen molar-refractivity contribution in [3.05, 3.63) is 23.3 Å². The van der Waals surface area contributed by atoms with Crippen LogP contribution in [0.25, 0.3) is 0 Å². The minimum atomic E-state index is -0.984. The Bertz CT molecular complexity index is 474. The number of hydrogen-bond donors (Lipinski definition) is 2. The van der Waals surface area contributed by atoms with Gasteiger partial charge in [0.2, 0.25) is 0 Å². The van der Waals surface area contributed by atoms with E-state index in [4.69, 9.17) is 19.9 Å². The number of rotatable bonds is 5. The molecule has 2 rings (SSSR count). The maximum atomic E-state index is 11.4. The Morgan fingerprint density at radius 1 is 1.47 bits per heavy atom. The predicted molar refractivity (Wildman–Crippen MR) is 67.6 cm³/mol. The van der Waals surface area contributed by atoms with E-state index in [-0.39, 0.29) is 6.54 Å². The number of methoxy groups -OCH3 is 1. The Kier molecular flexibility index (Phi) is 4.24. The fourth-order valence-corrected chi connectivity index (χ4v) is 2.18. The average Bonchev–Trinajstić information content (AvgIpc) is 2.41. The molecule has 1 aliphatic heterocycles. The number of aliphatic carboxylic acids is 1. The Hall–Kier alpha value is -1.79. The fourth-order valence-electron chi connectivity index (χ4n) is 2.18. The number of carboxylic acid groups (broad SMARTS) is 1. The molecule has 0 bridgehead atoms. The molecule has 1 heterocycles. The lowest BCUT2D eigenvalue weighted by atomic mass is 9.92. The van der Waals surface area contributed by atoms with E-state index in [1.807, 2.05) is 0 Å². The summed E-state index contributed by atoms with van der Waals surface area (Å²) in [4.78, 5) is 11.4. The minimum absolute atomic E-state index is 0.00807. The third-order valence-corrected chi connectivity index (χ3v) is 3.02. The highest BCUT2D eigenvalue weighted by atomic mass is 16.6. The van der Waals surface area contributed by atoms with Crippen molar-refractivity contribution in [2.75, 3.05) is 26.9 Å². The van der Waals surface area contributed by atoms with Gasteiger partial charge in [-0.15, -0.1) is 0 Å². The summed E-state index contributed by atoms with van der Waals surface area (Å²) in [5.74, 6) is -0.788. The van der Waals surface area contributed by atoms with Gasteiger partial charge in [0.1, 0.15) is 13.2 Å². The minimum Gasteiger partial charge on any atom is -0.486 e. The van der Waals surface area contributed by atoms with Gasteiger partial charge in [-0.25, -0.2) is 0 Å². The van der Waals surface area contributed by atoms with E-state index >= 15 is 0 Å². The summed E-state index contributed by atoms with van der Waals surface area (Å²) in [6, 6.07) is 3.56. The highest BCUT2D eigenvalue weighted by Gasteiger charge is 2.29. The standard InChI is InChI=1S/C13H17NO5/c1-17-7-8-2-3-10-12(19-5-4-18-10)11(8)9(6-14)13(15)16/h2-3,9H,4-7,14H2,1H3,(H,15,16). The monoisotopic (exact) mass is 267 g/mol. The van der Waals surface area contributed by atoms with Crippen LogP contribution in [0, 0.1) is 0 Å². The molecule has 0 aliphatic carbocycles. The summed E-state index contributed by atoms with van der Waals surface area (Å²) in [6.07, 6.45) is 0. The van der Waals surface area contributed by atoms with Gasteiger partial charge in [-0.1, -0.05) is 6.07 Å². The quantitative estimate of drug-likeness (QED) is 0.817. The Labute approximate surface area is 111 Å². The number of fused-ring (bicyclic) bond motifs is 1. The molecule has 104 valence electrons. The maximum absolute atomic E-state index is 11.4. The van der Waals surface area contributed by atoms with Crippen molar-refractivity contribution in [2.24, 2.45) is 5.73 Å². The SMILES string of the molecule is COCc1ccc2c(c1C(CN)C(=O)O)OCCO2. The van der Waals surface area contributed by atoms with Crippen molar-refractivity contribution in [1.82, 2.24) is 0 Å². The van der Waals surface area contributed by atoms with Crippen LogP contribution in [0.2, 0.25) is 0 Å². The van der Waals surface area contributed by atoms with Crippen molar-refractivity contribution in [3.63, 3.8) is 0 Å². The van der Waals surface area contributed by atoms with Gasteiger partial charge in [0.05, 0.1) is 12.5 Å². The molecule has 1 aromatic rings. The van der Waals surface area contributed by atoms with E-state index < -0.39 is 11.9 Å². The van der Waals surface area contributed by atoms with E-state index in [0.717, 1.165) is 5.56 Å². The van der Waals surface area contributed by atoms with Crippen molar-refractivity contribution in [2.45, 2.75) is 12.5 Å². The topological polar surface area (TPSA) is 91.0 Å². The number of benzene rings is 1. The molecule has 1 atom stereocenters. The Morgan fingerprint density at radius 2 is 2.21 bits per heavy atom. The summed E-state index contributed by atoms with van der Waals surface area (Å²) in [5.41, 5.74) is 6.89. The molecule has 6 heteroatoms. The molecule has 0 aromatic heterocycles. The molecular formula is C13H17NO5. The van der Waals surface area contributed by atoms with Crippen LogP contribution in [0.4, 0.5) is 0 Å². The molecule has 1 aromatic carbocycles. The molecular weight excluding hydrogens is 250 g/mol. The first-order valence-electron chi connectivity index (χ1n) is 6.02. The van der Waals surface area contributed by atoms with Gasteiger partial charge in [-0.05, 0) is 11.6 Å². The number of ether oxygens (including phenoxy) is 3. The van der Waals surface area contributed by atoms with Gasteiger partial charge < -0.3 is 25.1 Å². The summed E-state index contributed by atoms with van der Waals surface area (Å²) >= 11 is 0. The molecule has 0 radical (unpaired) electrons. The number of carboxylic acids is 1. The number of hydrogen-bond acceptors (Lipinski definition) is 5. The number of nitrogens with two attached hydrogens (primary N) is 1. The maximum Gasteiger partial charge on any atom is 0.312 e. The lowest BCUT2D eigenvalue weighted by Gasteiger charge is -2.25. The first-order chi connectivity index (χ1) is 9.19. The van der Waals surface area contributed by atoms with E-state index in [2.05, 4.69) is 0 Å². The van der Waals surface area contributed by atoms with Gasteiger partial charge in [0.25, 0.3) is 0 Å². The van der Waals surface area contributed by atoms with Crippen LogP contribution in [0.3, 0.4) is 0 Å². The van der Waals surface area contributed by atoms with Crippen molar-refractivity contribution < 1.29 is 24.1 Å². The van der Waals surface area contributed by atoms with Crippen molar-refractivity contribution in [3.8, 4) is 11.5 Å². The zero-order valence-electron chi connectivity index (χ0n) is 10.7. The van der Waals surface area contributed by atoms with Crippen LogP contribution >= 0.6 is 0 Å². The van der Waals surface area contributed by atoms with Crippen LogP contribution in [0.15, 0.2) is 12.1 Å². The largest absolute Gasteiger partial charge is 0.486 e. The molecule has 3 N–H and O–H groups in total. The second-order valence-corrected chi connectivity index (χ2v) is 4.22. The van der Waals surface area contributed by atoms with Crippen LogP contribution in [0.5, 0.6) is 11.5 Å². The summed E-state index contributed by atoms with van der Waals surface area (Å²) in [5, 5.41) is 9.30. The molecule has 0 spiro atoms. The third-order valence-electron chi connectivity index (χ3n) is 3.02. The van der Waals surface area contributed by atoms with Crippen LogP contribution in [-0.2, 0) is 16.1 Å². The molecule has 0 saturated heterocycles. The smallest absolute Gasteiger partial charge is 0.312 e. The number of carbonyl (C=O) groups is 1. The zero-order valence-corrected chi connectivity index (χ0v) is 10.7. The van der Waals surface area contributed by atoms with Crippen LogP contribution < -0.4 is 15.2 Å². The van der Waals surface area contributed by atoms with Gasteiger partial charge >= 0.3 is 5.97 Å². The molecule has 0 amide bonds. The Morgan fingerprint density at radius 3 is 2.84 bits per heavy atom. The van der Waals surface area contributed by atoms with Gasteiger partial charge in [-0.3, -0.25) is 4.79 Å². The normalized spacial score (nSPS) is 15.1. The molecule has 1 aliphatic rings. The lowest BCUT2D eigenvalue weighted by molar-refractivity contribution is -0.138. The van der Waals surface area contributed by atoms with E-state index in [9.17, 15) is 9.90 Å². The van der Waals surface area contributed by atoms with Crippen LogP contribution in [0.1, 0.15) is 17.0 Å². The third kappa shape index (κ3) is 2.64. The fraction of sp³-hybridized carbons (Fsp3) is 0.462. The summed E-state index contributed by atoms with van der Waals surface area (Å²) < 4.78 is 16.2. The summed E-state index contributed by atoms with van der Waals surface area (Å²) in [6.45, 7) is 1.14. The van der Waals surface area contributed by atoms with E-state index in [0.29, 0.717) is 36.9 Å². The highest BCUT2D eigenvalue weighted by Crippen LogP contribution is 2.40. The molecule has 6 nitrogen and oxygen atoms in total. The second-order valence-electron chi connectivity index (χ2n) is 4.22. The first kappa shape index (κ1) is 13.6.